The maximum atomic E-state index is 2.68. The van der Waals surface area contributed by atoms with Crippen LogP contribution in [0.1, 0.15) is 31.9 Å². The van der Waals surface area contributed by atoms with Gasteiger partial charge in [0, 0.05) is 42.3 Å². The molecule has 0 unspecified atom stereocenters. The van der Waals surface area contributed by atoms with E-state index in [0.717, 1.165) is 0 Å². The summed E-state index contributed by atoms with van der Waals surface area (Å²) in [7, 11) is -1.99. The Bertz CT molecular complexity index is 3860. The van der Waals surface area contributed by atoms with Gasteiger partial charge in [0.1, 0.15) is 0 Å². The van der Waals surface area contributed by atoms with Crippen LogP contribution in [0.4, 0.5) is 34.1 Å². The van der Waals surface area contributed by atoms with Crippen LogP contribution >= 0.6 is 10.0 Å². The van der Waals surface area contributed by atoms with E-state index in [-0.39, 0.29) is 12.1 Å². The number of anilines is 6. The zero-order valence-electron chi connectivity index (χ0n) is 40.4. The van der Waals surface area contributed by atoms with Crippen molar-refractivity contribution < 1.29 is 0 Å². The summed E-state index contributed by atoms with van der Waals surface area (Å²) < 4.78 is 0. The first kappa shape index (κ1) is 41.9. The van der Waals surface area contributed by atoms with E-state index >= 15 is 0 Å². The third kappa shape index (κ3) is 6.04. The van der Waals surface area contributed by atoms with Crippen molar-refractivity contribution in [2.75, 3.05) is 9.80 Å². The molecule has 0 amide bonds. The monoisotopic (exact) mass is 926 g/mol. The number of rotatable bonds is 5. The summed E-state index contributed by atoms with van der Waals surface area (Å²) in [6, 6.07) is 90.1. The molecule has 0 fully saturated rings. The molecule has 0 aromatic heterocycles. The maximum absolute atomic E-state index is 2.68. The Morgan fingerprint density at radius 1 is 0.394 bits per heavy atom. The average molecular weight is 927 g/mol. The minimum absolute atomic E-state index is 0.0271. The normalized spacial score (nSPS) is 14.4. The van der Waals surface area contributed by atoms with Crippen molar-refractivity contribution >= 4 is 88.8 Å². The van der Waals surface area contributed by atoms with Crippen LogP contribution in [-0.2, 0) is 5.41 Å². The molecule has 11 aromatic carbocycles. The predicted octanol–water partition coefficient (Wildman–Crippen LogP) is 16.7. The second-order valence-electron chi connectivity index (χ2n) is 20.5. The summed E-state index contributed by atoms with van der Waals surface area (Å²) in [5.74, 6) is 0. The van der Waals surface area contributed by atoms with Gasteiger partial charge in [-0.15, -0.1) is 10.0 Å². The summed E-state index contributed by atoms with van der Waals surface area (Å²) in [4.78, 5) is 10.7. The van der Waals surface area contributed by atoms with Crippen LogP contribution in [0.3, 0.4) is 0 Å². The maximum Gasteiger partial charge on any atom is 0.252 e. The van der Waals surface area contributed by atoms with Crippen molar-refractivity contribution in [2.24, 2.45) is 0 Å². The van der Waals surface area contributed by atoms with Gasteiger partial charge in [-0.2, -0.15) is 0 Å². The van der Waals surface area contributed by atoms with Crippen molar-refractivity contribution in [1.82, 2.24) is 0 Å². The molecular weight excluding hydrogens is 876 g/mol. The molecule has 71 heavy (non-hydrogen) atoms. The topological polar surface area (TPSA) is 6.48 Å². The quantitative estimate of drug-likeness (QED) is 0.125. The van der Waals surface area contributed by atoms with E-state index in [1.807, 2.05) is 0 Å². The molecule has 11 aromatic rings. The van der Waals surface area contributed by atoms with E-state index in [4.69, 9.17) is 0 Å². The van der Waals surface area contributed by atoms with Crippen LogP contribution in [0.25, 0.3) is 43.8 Å². The standard InChI is InChI=1S/C67H51BN2S/c1-44-38-39-55-58(40-44)69(48-25-20-24-47(43-48)67(2,3)4)59-41-46(64-53-32-16-14-30-51(53)63(45-22-8-5-9-23-45)52-31-15-17-33-54(52)64)42-60-65(59)68(55)56-34-21-37-62-66(56)70(60)57-35-18-19-36-61(57)71(62,49-26-10-6-11-27-49)50-28-12-7-13-29-50/h5-43H,1-4H3. The Morgan fingerprint density at radius 2 is 0.930 bits per heavy atom. The lowest BCUT2D eigenvalue weighted by Crippen LogP contribution is -2.62. The molecule has 338 valence electrons. The van der Waals surface area contributed by atoms with Crippen LogP contribution in [0.15, 0.2) is 256 Å². The van der Waals surface area contributed by atoms with Crippen molar-refractivity contribution in [3.8, 4) is 22.3 Å². The van der Waals surface area contributed by atoms with Gasteiger partial charge in [0.05, 0.1) is 11.4 Å². The van der Waals surface area contributed by atoms with Crippen LogP contribution in [0.5, 0.6) is 0 Å². The summed E-state index contributed by atoms with van der Waals surface area (Å²) in [6.45, 7) is 9.19. The summed E-state index contributed by atoms with van der Waals surface area (Å²) in [6.07, 6.45) is 0. The second-order valence-corrected chi connectivity index (χ2v) is 23.5. The Balaban J connectivity index is 1.16. The zero-order chi connectivity index (χ0) is 47.6. The van der Waals surface area contributed by atoms with Crippen LogP contribution in [0.2, 0.25) is 0 Å². The van der Waals surface area contributed by atoms with Gasteiger partial charge in [0.25, 0.3) is 6.71 Å². The van der Waals surface area contributed by atoms with E-state index in [9.17, 15) is 0 Å². The number of nitrogens with zero attached hydrogens (tertiary/aromatic N) is 2. The molecule has 0 spiro atoms. The van der Waals surface area contributed by atoms with Crippen LogP contribution in [-0.4, -0.2) is 6.71 Å². The van der Waals surface area contributed by atoms with E-state index in [2.05, 4.69) is 274 Å². The minimum atomic E-state index is -1.99. The van der Waals surface area contributed by atoms with Gasteiger partial charge in [-0.1, -0.05) is 185 Å². The summed E-state index contributed by atoms with van der Waals surface area (Å²) in [5.41, 5.74) is 18.9. The zero-order valence-corrected chi connectivity index (χ0v) is 41.2. The lowest BCUT2D eigenvalue weighted by molar-refractivity contribution is 0.590. The number of benzene rings is 11. The molecule has 0 atom stereocenters. The molecule has 14 rings (SSSR count). The highest BCUT2D eigenvalue weighted by Gasteiger charge is 2.50. The van der Waals surface area contributed by atoms with E-state index in [1.165, 1.54) is 125 Å². The average Bonchev–Trinajstić information content (AvgIpc) is 3.41. The highest BCUT2D eigenvalue weighted by Crippen LogP contribution is 2.79. The van der Waals surface area contributed by atoms with Crippen molar-refractivity contribution in [2.45, 2.75) is 52.7 Å². The minimum Gasteiger partial charge on any atom is -0.311 e. The van der Waals surface area contributed by atoms with Crippen molar-refractivity contribution in [1.29, 1.82) is 0 Å². The molecule has 2 nitrogen and oxygen atoms in total. The van der Waals surface area contributed by atoms with Gasteiger partial charge in [-0.25, -0.2) is 0 Å². The van der Waals surface area contributed by atoms with E-state index in [0.29, 0.717) is 0 Å². The van der Waals surface area contributed by atoms with Gasteiger partial charge in [0.15, 0.2) is 0 Å². The van der Waals surface area contributed by atoms with Gasteiger partial charge >= 0.3 is 0 Å². The lowest BCUT2D eigenvalue weighted by atomic mass is 9.33. The fraction of sp³-hybridized carbons (Fsp3) is 0.0746. The molecule has 4 heteroatoms. The second kappa shape index (κ2) is 15.7. The largest absolute Gasteiger partial charge is 0.311 e. The molecule has 3 heterocycles. The van der Waals surface area contributed by atoms with Gasteiger partial charge in [-0.05, 0) is 156 Å². The molecule has 0 saturated carbocycles. The SMILES string of the molecule is Cc1ccc2c(c1)N(c1cccc(C(C)(C)C)c1)c1cc(-c3c4ccccc4c(-c4ccccc4)c4ccccc34)cc3c1B2c1cccc2c1N3c1ccccc1S2(c1ccccc1)c1ccccc1. The van der Waals surface area contributed by atoms with E-state index < -0.39 is 10.0 Å². The third-order valence-electron chi connectivity index (χ3n) is 15.4. The lowest BCUT2D eigenvalue weighted by Gasteiger charge is -2.53. The predicted molar refractivity (Wildman–Crippen MR) is 303 cm³/mol. The summed E-state index contributed by atoms with van der Waals surface area (Å²) >= 11 is 0. The fourth-order valence-corrected chi connectivity index (χ4v) is 16.6. The van der Waals surface area contributed by atoms with Crippen molar-refractivity contribution in [3.05, 3.63) is 248 Å². The van der Waals surface area contributed by atoms with Crippen LogP contribution < -0.4 is 26.2 Å². The smallest absolute Gasteiger partial charge is 0.252 e. The van der Waals surface area contributed by atoms with Gasteiger partial charge in [0.2, 0.25) is 0 Å². The first-order valence-corrected chi connectivity index (χ1v) is 26.6. The molecule has 0 bridgehead atoms. The number of para-hydroxylation sites is 2. The molecule has 3 aliphatic heterocycles. The molecular formula is C67H51BN2S. The van der Waals surface area contributed by atoms with Crippen molar-refractivity contribution in [3.63, 3.8) is 0 Å². The molecule has 0 saturated heterocycles. The Kier molecular flexibility index (Phi) is 9.28. The number of hydrogen-bond acceptors (Lipinski definition) is 2. The Morgan fingerprint density at radius 3 is 1.56 bits per heavy atom. The highest BCUT2D eigenvalue weighted by atomic mass is 32.3. The fourth-order valence-electron chi connectivity index (χ4n) is 12.4. The third-order valence-corrected chi connectivity index (χ3v) is 19.4. The summed E-state index contributed by atoms with van der Waals surface area (Å²) in [5, 5.41) is 4.99. The Hall–Kier alpha value is -8.05. The number of fused-ring (bicyclic) bond motifs is 8. The molecule has 3 aliphatic rings. The molecule has 0 N–H and O–H groups in total. The highest BCUT2D eigenvalue weighted by molar-refractivity contribution is 8.34. The number of aryl methyl sites for hydroxylation is 1. The first-order chi connectivity index (χ1) is 34.8. The van der Waals surface area contributed by atoms with Crippen LogP contribution in [0, 0.1) is 6.92 Å². The molecule has 0 radical (unpaired) electrons. The van der Waals surface area contributed by atoms with E-state index in [1.54, 1.807) is 0 Å². The Labute approximate surface area is 418 Å². The number of hydrogen-bond donors (Lipinski definition) is 0. The molecule has 0 aliphatic carbocycles. The van der Waals surface area contributed by atoms with Gasteiger partial charge in [-0.3, -0.25) is 0 Å². The first-order valence-electron chi connectivity index (χ1n) is 24.9. The van der Waals surface area contributed by atoms with Gasteiger partial charge < -0.3 is 9.80 Å².